The summed E-state index contributed by atoms with van der Waals surface area (Å²) in [6.07, 6.45) is 7.51. The minimum atomic E-state index is -4.27. The second-order valence-corrected chi connectivity index (χ2v) is 19.5. The summed E-state index contributed by atoms with van der Waals surface area (Å²) in [6.45, 7) is 7.25. The summed E-state index contributed by atoms with van der Waals surface area (Å²) in [5, 5.41) is 5.63. The van der Waals surface area contributed by atoms with E-state index in [1.807, 2.05) is 43.5 Å². The lowest BCUT2D eigenvalue weighted by molar-refractivity contribution is -0.141. The summed E-state index contributed by atoms with van der Waals surface area (Å²) in [7, 11) is -2.27. The van der Waals surface area contributed by atoms with Crippen LogP contribution in [0.25, 0.3) is 0 Å². The Morgan fingerprint density at radius 2 is 1.62 bits per heavy atom. The molecule has 5 unspecified atom stereocenters. The maximum atomic E-state index is 14.5. The molecule has 17 heteroatoms. The maximum Gasteiger partial charge on any atom is 0.410 e. The van der Waals surface area contributed by atoms with Crippen molar-refractivity contribution in [1.82, 2.24) is 34.4 Å². The summed E-state index contributed by atoms with van der Waals surface area (Å²) in [4.78, 5) is 74.9. The highest BCUT2D eigenvalue weighted by molar-refractivity contribution is 7.87. The molecule has 4 heterocycles. The molecule has 0 aromatic heterocycles. The van der Waals surface area contributed by atoms with Crippen LogP contribution in [0.15, 0.2) is 36.4 Å². The Morgan fingerprint density at radius 3 is 2.28 bits per heavy atom. The van der Waals surface area contributed by atoms with Gasteiger partial charge in [0.25, 0.3) is 5.91 Å². The van der Waals surface area contributed by atoms with Gasteiger partial charge in [0, 0.05) is 37.5 Å². The molecule has 58 heavy (non-hydrogen) atoms. The van der Waals surface area contributed by atoms with E-state index in [1.54, 1.807) is 25.7 Å². The van der Waals surface area contributed by atoms with Crippen molar-refractivity contribution in [2.45, 2.75) is 146 Å². The van der Waals surface area contributed by atoms with Crippen LogP contribution in [-0.2, 0) is 47.2 Å². The minimum Gasteiger partial charge on any atom is -0.444 e. The van der Waals surface area contributed by atoms with Crippen LogP contribution in [0.2, 0.25) is 0 Å². The number of nitrogens with one attached hydrogen (secondary N) is 3. The van der Waals surface area contributed by atoms with Crippen molar-refractivity contribution in [3.63, 3.8) is 0 Å². The maximum absolute atomic E-state index is 14.5. The second-order valence-electron chi connectivity index (χ2n) is 17.9. The van der Waals surface area contributed by atoms with Gasteiger partial charge in [-0.1, -0.05) is 49.3 Å². The fourth-order valence-electron chi connectivity index (χ4n) is 8.82. The molecule has 3 N–H and O–H groups in total. The van der Waals surface area contributed by atoms with Gasteiger partial charge >= 0.3 is 22.4 Å². The van der Waals surface area contributed by atoms with Crippen LogP contribution in [0.4, 0.5) is 9.59 Å². The number of hydrogen-bond donors (Lipinski definition) is 3. The molecule has 0 spiro atoms. The van der Waals surface area contributed by atoms with Crippen molar-refractivity contribution in [2.24, 2.45) is 5.92 Å². The Kier molecular flexibility index (Phi) is 12.1. The number of piperidine rings is 1. The zero-order valence-electron chi connectivity index (χ0n) is 34.1. The van der Waals surface area contributed by atoms with Gasteiger partial charge in [-0.2, -0.15) is 12.7 Å². The van der Waals surface area contributed by atoms with Gasteiger partial charge in [-0.25, -0.2) is 14.3 Å². The topological polar surface area (TPSA) is 187 Å². The molecule has 0 radical (unpaired) electrons. The summed E-state index contributed by atoms with van der Waals surface area (Å²) in [5.41, 5.74) is -0.388. The molecule has 2 saturated heterocycles. The van der Waals surface area contributed by atoms with Gasteiger partial charge in [0.2, 0.25) is 11.8 Å². The van der Waals surface area contributed by atoms with E-state index in [0.29, 0.717) is 38.8 Å². The minimum absolute atomic E-state index is 0.0641. The fraction of sp³-hybridized carbons (Fsp3) is 0.683. The highest BCUT2D eigenvalue weighted by Crippen LogP contribution is 2.46. The number of amides is 5. The Balaban J connectivity index is 1.13. The molecule has 318 valence electrons. The van der Waals surface area contributed by atoms with E-state index in [0.717, 1.165) is 49.9 Å². The Labute approximate surface area is 341 Å². The Bertz CT molecular complexity index is 1870. The van der Waals surface area contributed by atoms with E-state index in [9.17, 15) is 32.4 Å². The van der Waals surface area contributed by atoms with E-state index in [1.165, 1.54) is 9.21 Å². The van der Waals surface area contributed by atoms with Crippen molar-refractivity contribution in [1.29, 1.82) is 0 Å². The number of fused-ring (bicyclic) bond motifs is 3. The lowest BCUT2D eigenvalue weighted by Crippen LogP contribution is -2.60. The summed E-state index contributed by atoms with van der Waals surface area (Å²) < 4.78 is 43.4. The Morgan fingerprint density at radius 1 is 0.948 bits per heavy atom. The van der Waals surface area contributed by atoms with Gasteiger partial charge in [0.1, 0.15) is 29.3 Å². The average Bonchev–Trinajstić information content (AvgIpc) is 4.01. The van der Waals surface area contributed by atoms with Crippen molar-refractivity contribution < 1.29 is 41.9 Å². The number of alkyl carbamates (subject to hydrolysis) is 1. The molecule has 6 aliphatic rings. The van der Waals surface area contributed by atoms with Gasteiger partial charge in [-0.05, 0) is 103 Å². The molecular formula is C41H59N7O9S. The fourth-order valence-corrected chi connectivity index (χ4v) is 10.6. The first kappa shape index (κ1) is 41.9. The van der Waals surface area contributed by atoms with Crippen LogP contribution >= 0.6 is 0 Å². The molecule has 4 fully saturated rings. The predicted molar refractivity (Wildman–Crippen MR) is 213 cm³/mol. The molecule has 2 aliphatic carbocycles. The molecule has 1 aromatic carbocycles. The zero-order valence-corrected chi connectivity index (χ0v) is 34.9. The average molecular weight is 826 g/mol. The normalized spacial score (nSPS) is 28.7. The van der Waals surface area contributed by atoms with Crippen molar-refractivity contribution in [2.75, 3.05) is 26.7 Å². The highest BCUT2D eigenvalue weighted by Gasteiger charge is 2.62. The number of nitrogens with zero attached hydrogens (tertiary/aromatic N) is 4. The SMILES string of the molecule is CN1CCC(N(C2CC2)S(=O)(=O)NC(=O)C23CC2C=CCCCCCC(NC(=O)OC(C)(C)C)C(=O)N2CC(OC(=O)N4Cc5ccccc5C4)CC2C(=O)N3)CC1. The quantitative estimate of drug-likeness (QED) is 0.345. The highest BCUT2D eigenvalue weighted by atomic mass is 32.2. The smallest absolute Gasteiger partial charge is 0.410 e. The van der Waals surface area contributed by atoms with Crippen LogP contribution in [0, 0.1) is 5.92 Å². The van der Waals surface area contributed by atoms with Crippen molar-refractivity contribution in [3.05, 3.63) is 47.5 Å². The number of carbonyl (C=O) groups excluding carboxylic acids is 5. The first-order valence-corrected chi connectivity index (χ1v) is 22.3. The molecule has 1 aromatic rings. The lowest BCUT2D eigenvalue weighted by Gasteiger charge is -2.36. The summed E-state index contributed by atoms with van der Waals surface area (Å²) >= 11 is 0. The van der Waals surface area contributed by atoms with E-state index in [-0.39, 0.29) is 37.9 Å². The number of likely N-dealkylation sites (tertiary alicyclic amines) is 1. The molecule has 5 amide bonds. The number of allylic oxidation sites excluding steroid dienone is 1. The zero-order chi connectivity index (χ0) is 41.4. The first-order valence-electron chi connectivity index (χ1n) is 20.9. The molecular weight excluding hydrogens is 767 g/mol. The number of carbonyl (C=O) groups is 5. The van der Waals surface area contributed by atoms with Crippen LogP contribution in [0.1, 0.15) is 103 Å². The third-order valence-corrected chi connectivity index (χ3v) is 13.8. The second kappa shape index (κ2) is 16.8. The number of benzene rings is 1. The van der Waals surface area contributed by atoms with Crippen LogP contribution in [-0.4, -0.2) is 125 Å². The molecule has 4 aliphatic heterocycles. The van der Waals surface area contributed by atoms with Crippen LogP contribution < -0.4 is 15.4 Å². The molecule has 16 nitrogen and oxygen atoms in total. The lowest BCUT2D eigenvalue weighted by atomic mass is 10.0. The summed E-state index contributed by atoms with van der Waals surface area (Å²) in [6, 6.07) is 5.06. The molecule has 0 bridgehead atoms. The van der Waals surface area contributed by atoms with E-state index in [2.05, 4.69) is 20.3 Å². The van der Waals surface area contributed by atoms with Gasteiger partial charge in [0.15, 0.2) is 0 Å². The third kappa shape index (κ3) is 9.63. The number of rotatable bonds is 7. The predicted octanol–water partition coefficient (Wildman–Crippen LogP) is 3.32. The standard InChI is InChI=1S/C41H59N7O9S/c1-40(2,3)57-38(52)42-33-15-9-7-5-6-8-14-29-23-41(29,37(51)44-58(54,55)48(30-16-17-30)31-18-20-45(4)21-19-31)43-35(49)34-22-32(26-47(34)36(33)50)56-39(53)46-24-27-12-10-11-13-28(27)25-46/h8,10-14,29-34H,5-7,9,15-26H2,1-4H3,(H,42,52)(H,43,49)(H,44,51). The molecule has 2 saturated carbocycles. The summed E-state index contributed by atoms with van der Waals surface area (Å²) in [5.74, 6) is -2.52. The number of ether oxygens (including phenoxy) is 2. The Hall–Kier alpha value is -4.22. The first-order chi connectivity index (χ1) is 27.5. The number of hydrogen-bond acceptors (Lipinski definition) is 10. The third-order valence-electron chi connectivity index (χ3n) is 12.2. The van der Waals surface area contributed by atoms with E-state index >= 15 is 0 Å². The van der Waals surface area contributed by atoms with E-state index in [4.69, 9.17) is 9.47 Å². The van der Waals surface area contributed by atoms with Gasteiger partial charge in [-0.15, -0.1) is 0 Å². The monoisotopic (exact) mass is 825 g/mol. The van der Waals surface area contributed by atoms with Gasteiger partial charge < -0.3 is 29.9 Å². The van der Waals surface area contributed by atoms with Crippen LogP contribution in [0.3, 0.4) is 0 Å². The largest absolute Gasteiger partial charge is 0.444 e. The van der Waals surface area contributed by atoms with E-state index < -0.39 is 75.4 Å². The van der Waals surface area contributed by atoms with Crippen LogP contribution in [0.5, 0.6) is 0 Å². The van der Waals surface area contributed by atoms with Gasteiger partial charge in [0.05, 0.1) is 6.54 Å². The van der Waals surface area contributed by atoms with Crippen molar-refractivity contribution >= 4 is 40.1 Å². The molecule has 5 atom stereocenters. The van der Waals surface area contributed by atoms with Crippen molar-refractivity contribution in [3.8, 4) is 0 Å². The van der Waals surface area contributed by atoms with Gasteiger partial charge in [-0.3, -0.25) is 19.3 Å². The molecule has 7 rings (SSSR count).